The van der Waals surface area contributed by atoms with E-state index in [0.29, 0.717) is 64.3 Å². The molecule has 1 aromatic carbocycles. The van der Waals surface area contributed by atoms with E-state index in [2.05, 4.69) is 5.32 Å². The molecule has 2 heterocycles. The molecular formula is C24H35FN2O5. The van der Waals surface area contributed by atoms with Crippen molar-refractivity contribution >= 4 is 12.0 Å². The number of benzene rings is 1. The Hall–Kier alpha value is -2.35. The summed E-state index contributed by atoms with van der Waals surface area (Å²) in [5.74, 6) is 0.135. The zero-order valence-corrected chi connectivity index (χ0v) is 19.5. The molecule has 2 saturated heterocycles. The van der Waals surface area contributed by atoms with Crippen LogP contribution in [0.5, 0.6) is 5.75 Å². The minimum absolute atomic E-state index is 0.0108. The van der Waals surface area contributed by atoms with Crippen LogP contribution in [0.3, 0.4) is 0 Å². The maximum atomic E-state index is 14.0. The van der Waals surface area contributed by atoms with Crippen molar-refractivity contribution in [3.63, 3.8) is 0 Å². The Balaban J connectivity index is 1.79. The summed E-state index contributed by atoms with van der Waals surface area (Å²) in [4.78, 5) is 26.6. The number of carbonyl (C=O) groups is 2. The Morgan fingerprint density at radius 2 is 1.97 bits per heavy atom. The minimum Gasteiger partial charge on any atom is -0.493 e. The number of amides is 2. The summed E-state index contributed by atoms with van der Waals surface area (Å²) in [7, 11) is 1.63. The number of piperidine rings is 2. The molecule has 1 N–H and O–H groups in total. The van der Waals surface area contributed by atoms with Gasteiger partial charge in [0, 0.05) is 58.2 Å². The third-order valence-electron chi connectivity index (χ3n) is 6.27. The van der Waals surface area contributed by atoms with Gasteiger partial charge in [-0.3, -0.25) is 4.79 Å². The van der Waals surface area contributed by atoms with E-state index >= 15 is 0 Å². The molecule has 0 aromatic heterocycles. The van der Waals surface area contributed by atoms with Crippen molar-refractivity contribution in [2.75, 3.05) is 40.0 Å². The molecule has 0 aliphatic carbocycles. The quantitative estimate of drug-likeness (QED) is 0.666. The van der Waals surface area contributed by atoms with E-state index in [-0.39, 0.29) is 29.2 Å². The van der Waals surface area contributed by atoms with Crippen molar-refractivity contribution in [3.05, 3.63) is 29.6 Å². The molecule has 2 aliphatic heterocycles. The summed E-state index contributed by atoms with van der Waals surface area (Å²) in [6.45, 7) is 8.03. The van der Waals surface area contributed by atoms with E-state index in [1.165, 1.54) is 12.1 Å². The lowest BCUT2D eigenvalue weighted by molar-refractivity contribution is -0.128. The molecule has 2 fully saturated rings. The Morgan fingerprint density at radius 3 is 2.62 bits per heavy atom. The number of methoxy groups -OCH3 is 1. The van der Waals surface area contributed by atoms with Gasteiger partial charge in [-0.15, -0.1) is 0 Å². The highest BCUT2D eigenvalue weighted by molar-refractivity contribution is 5.78. The lowest BCUT2D eigenvalue weighted by Gasteiger charge is -2.49. The van der Waals surface area contributed by atoms with E-state index in [9.17, 15) is 14.0 Å². The Kier molecular flexibility index (Phi) is 7.64. The lowest BCUT2D eigenvalue weighted by atomic mass is 9.62. The van der Waals surface area contributed by atoms with E-state index in [1.807, 2.05) is 20.8 Å². The molecule has 7 nitrogen and oxygen atoms in total. The number of rotatable bonds is 6. The predicted octanol–water partition coefficient (Wildman–Crippen LogP) is 3.86. The zero-order chi connectivity index (χ0) is 23.4. The van der Waals surface area contributed by atoms with Gasteiger partial charge in [0.15, 0.2) is 0 Å². The number of ether oxygens (including phenoxy) is 3. The fourth-order valence-electron chi connectivity index (χ4n) is 4.67. The van der Waals surface area contributed by atoms with E-state index in [4.69, 9.17) is 14.2 Å². The van der Waals surface area contributed by atoms with Gasteiger partial charge in [0.2, 0.25) is 5.91 Å². The molecule has 2 amide bonds. The topological polar surface area (TPSA) is 77.1 Å². The van der Waals surface area contributed by atoms with Gasteiger partial charge in [-0.1, -0.05) is 6.07 Å². The van der Waals surface area contributed by atoms with E-state index in [0.717, 1.165) is 5.56 Å². The van der Waals surface area contributed by atoms with Crippen LogP contribution in [-0.2, 0) is 14.3 Å². The molecule has 1 aromatic rings. The number of halogens is 1. The van der Waals surface area contributed by atoms with Gasteiger partial charge in [0.25, 0.3) is 0 Å². The molecule has 1 atom stereocenters. The summed E-state index contributed by atoms with van der Waals surface area (Å²) < 4.78 is 30.5. The van der Waals surface area contributed by atoms with E-state index in [1.54, 1.807) is 18.1 Å². The van der Waals surface area contributed by atoms with E-state index < -0.39 is 5.60 Å². The van der Waals surface area contributed by atoms with Gasteiger partial charge in [-0.05, 0) is 50.7 Å². The Morgan fingerprint density at radius 1 is 1.25 bits per heavy atom. The highest BCUT2D eigenvalue weighted by Gasteiger charge is 2.48. The number of likely N-dealkylation sites (tertiary alicyclic amines) is 1. The van der Waals surface area contributed by atoms with Gasteiger partial charge in [0.1, 0.15) is 17.2 Å². The SMILES string of the molecule is COCCCOc1cc(F)ccc1[C@H]1CNC(=O)CC12CCN(C(=O)OC(C)(C)C)CC2. The summed E-state index contributed by atoms with van der Waals surface area (Å²) in [5, 5.41) is 2.97. The van der Waals surface area contributed by atoms with Crippen molar-refractivity contribution in [2.24, 2.45) is 5.41 Å². The van der Waals surface area contributed by atoms with Crippen LogP contribution in [0.4, 0.5) is 9.18 Å². The fraction of sp³-hybridized carbons (Fsp3) is 0.667. The first-order valence-electron chi connectivity index (χ1n) is 11.3. The van der Waals surface area contributed by atoms with Crippen LogP contribution in [0.25, 0.3) is 0 Å². The molecule has 1 spiro atoms. The molecular weight excluding hydrogens is 415 g/mol. The first-order chi connectivity index (χ1) is 15.1. The van der Waals surface area contributed by atoms with Crippen LogP contribution in [-0.4, -0.2) is 62.5 Å². The molecule has 3 rings (SSSR count). The van der Waals surface area contributed by atoms with Crippen molar-refractivity contribution in [1.29, 1.82) is 0 Å². The Bertz CT molecular complexity index is 815. The van der Waals surface area contributed by atoms with Gasteiger partial charge in [-0.25, -0.2) is 9.18 Å². The maximum Gasteiger partial charge on any atom is 0.410 e. The highest BCUT2D eigenvalue weighted by Crippen LogP contribution is 2.50. The number of hydrogen-bond acceptors (Lipinski definition) is 5. The summed E-state index contributed by atoms with van der Waals surface area (Å²) >= 11 is 0. The molecule has 0 saturated carbocycles. The standard InChI is InChI=1S/C24H35FN2O5/c1-23(2,3)32-22(29)27-10-8-24(9-11-27)15-21(28)26-16-19(24)18-7-6-17(25)14-20(18)31-13-5-12-30-4/h6-7,14,19H,5,8-13,15-16H2,1-4H3,(H,26,28)/t19-/m1/s1. The maximum absolute atomic E-state index is 14.0. The first-order valence-corrected chi connectivity index (χ1v) is 11.3. The van der Waals surface area contributed by atoms with Crippen LogP contribution in [0.1, 0.15) is 57.9 Å². The summed E-state index contributed by atoms with van der Waals surface area (Å²) in [5.41, 5.74) is 0.0286. The average molecular weight is 451 g/mol. The van der Waals surface area contributed by atoms with Gasteiger partial charge < -0.3 is 24.4 Å². The predicted molar refractivity (Wildman–Crippen MR) is 118 cm³/mol. The number of nitrogens with one attached hydrogen (secondary N) is 1. The average Bonchev–Trinajstić information content (AvgIpc) is 2.71. The summed E-state index contributed by atoms with van der Waals surface area (Å²) in [6, 6.07) is 4.63. The van der Waals surface area contributed by atoms with Gasteiger partial charge >= 0.3 is 6.09 Å². The monoisotopic (exact) mass is 450 g/mol. The number of hydrogen-bond donors (Lipinski definition) is 1. The van der Waals surface area contributed by atoms with Crippen molar-refractivity contribution < 1.29 is 28.2 Å². The molecule has 8 heteroatoms. The first kappa shape index (κ1) is 24.3. The number of nitrogens with zero attached hydrogens (tertiary/aromatic N) is 1. The zero-order valence-electron chi connectivity index (χ0n) is 19.5. The molecule has 0 bridgehead atoms. The van der Waals surface area contributed by atoms with Crippen LogP contribution in [0.2, 0.25) is 0 Å². The van der Waals surface area contributed by atoms with Gasteiger partial charge in [-0.2, -0.15) is 0 Å². The summed E-state index contributed by atoms with van der Waals surface area (Å²) in [6.07, 6.45) is 2.09. The van der Waals surface area contributed by atoms with Crippen LogP contribution in [0.15, 0.2) is 18.2 Å². The van der Waals surface area contributed by atoms with Crippen LogP contribution < -0.4 is 10.1 Å². The minimum atomic E-state index is -0.553. The van der Waals surface area contributed by atoms with Crippen molar-refractivity contribution in [3.8, 4) is 5.75 Å². The largest absolute Gasteiger partial charge is 0.493 e. The normalized spacial score (nSPS) is 20.7. The highest BCUT2D eigenvalue weighted by atomic mass is 19.1. The molecule has 2 aliphatic rings. The fourth-order valence-corrected chi connectivity index (χ4v) is 4.67. The number of carbonyl (C=O) groups excluding carboxylic acids is 2. The molecule has 0 radical (unpaired) electrons. The van der Waals surface area contributed by atoms with Crippen molar-refractivity contribution in [2.45, 2.75) is 58.0 Å². The van der Waals surface area contributed by atoms with Crippen LogP contribution >= 0.6 is 0 Å². The molecule has 0 unspecified atom stereocenters. The second-order valence-corrected chi connectivity index (χ2v) is 9.74. The second-order valence-electron chi connectivity index (χ2n) is 9.74. The molecule has 178 valence electrons. The molecule has 32 heavy (non-hydrogen) atoms. The lowest BCUT2D eigenvalue weighted by Crippen LogP contribution is -2.53. The van der Waals surface area contributed by atoms with Crippen LogP contribution in [0, 0.1) is 11.2 Å². The third kappa shape index (κ3) is 5.91. The third-order valence-corrected chi connectivity index (χ3v) is 6.27. The second kappa shape index (κ2) is 10.1. The smallest absolute Gasteiger partial charge is 0.410 e. The van der Waals surface area contributed by atoms with Crippen molar-refractivity contribution in [1.82, 2.24) is 10.2 Å². The van der Waals surface area contributed by atoms with Gasteiger partial charge in [0.05, 0.1) is 6.61 Å². The Labute approximate surface area is 189 Å².